The maximum atomic E-state index is 11.3. The van der Waals surface area contributed by atoms with Crippen molar-refractivity contribution in [1.82, 2.24) is 15.3 Å². The molecular formula is C14H17N3O2. The average molecular weight is 259 g/mol. The predicted molar refractivity (Wildman–Crippen MR) is 71.6 cm³/mol. The first kappa shape index (κ1) is 13.3. The summed E-state index contributed by atoms with van der Waals surface area (Å²) in [6, 6.07) is 7.62. The molecule has 0 aliphatic carbocycles. The van der Waals surface area contributed by atoms with Crippen LogP contribution < -0.4 is 5.32 Å². The molecule has 2 aromatic rings. The van der Waals surface area contributed by atoms with E-state index < -0.39 is 0 Å². The molecular weight excluding hydrogens is 242 g/mol. The molecule has 0 aromatic carbocycles. The number of rotatable bonds is 5. The Kier molecular flexibility index (Phi) is 4.30. The number of aromatic amines is 1. The van der Waals surface area contributed by atoms with Gasteiger partial charge in [0.1, 0.15) is 5.69 Å². The minimum absolute atomic E-state index is 0.353. The second-order valence-corrected chi connectivity index (χ2v) is 4.30. The number of nitrogens with zero attached hydrogens (tertiary/aromatic N) is 1. The summed E-state index contributed by atoms with van der Waals surface area (Å²) >= 11 is 0. The largest absolute Gasteiger partial charge is 0.464 e. The number of hydrogen-bond acceptors (Lipinski definition) is 4. The molecule has 5 heteroatoms. The van der Waals surface area contributed by atoms with Crippen LogP contribution in [-0.4, -0.2) is 23.0 Å². The highest BCUT2D eigenvalue weighted by molar-refractivity contribution is 5.87. The van der Waals surface area contributed by atoms with E-state index in [-0.39, 0.29) is 5.97 Å². The van der Waals surface area contributed by atoms with E-state index in [2.05, 4.69) is 20.0 Å². The van der Waals surface area contributed by atoms with Gasteiger partial charge in [0.05, 0.1) is 7.11 Å². The molecule has 0 aliphatic rings. The van der Waals surface area contributed by atoms with Crippen LogP contribution in [0.2, 0.25) is 0 Å². The van der Waals surface area contributed by atoms with Gasteiger partial charge in [-0.05, 0) is 30.7 Å². The summed E-state index contributed by atoms with van der Waals surface area (Å²) in [5.41, 5.74) is 3.55. The molecule has 100 valence electrons. The first-order chi connectivity index (χ1) is 9.19. The van der Waals surface area contributed by atoms with Crippen molar-refractivity contribution >= 4 is 5.97 Å². The highest BCUT2D eigenvalue weighted by Gasteiger charge is 2.07. The van der Waals surface area contributed by atoms with Crippen molar-refractivity contribution in [1.29, 1.82) is 0 Å². The number of aryl methyl sites for hydroxylation is 1. The molecule has 19 heavy (non-hydrogen) atoms. The Bertz CT molecular complexity index is 546. The minimum atomic E-state index is -0.353. The van der Waals surface area contributed by atoms with Gasteiger partial charge in [0, 0.05) is 30.7 Å². The number of aromatic nitrogens is 2. The van der Waals surface area contributed by atoms with Crippen molar-refractivity contribution in [3.8, 4) is 0 Å². The molecule has 2 aromatic heterocycles. The summed E-state index contributed by atoms with van der Waals surface area (Å²) in [5, 5.41) is 3.28. The molecule has 2 rings (SSSR count). The lowest BCUT2D eigenvalue weighted by molar-refractivity contribution is 0.0594. The monoisotopic (exact) mass is 259 g/mol. The molecule has 0 aliphatic heterocycles. The molecule has 0 bridgehead atoms. The zero-order valence-electron chi connectivity index (χ0n) is 11.1. The summed E-state index contributed by atoms with van der Waals surface area (Å²) in [6.07, 6.45) is 1.86. The molecule has 0 radical (unpaired) electrons. The molecule has 0 amide bonds. The Balaban J connectivity index is 1.84. The van der Waals surface area contributed by atoms with E-state index in [9.17, 15) is 4.79 Å². The van der Waals surface area contributed by atoms with Crippen LogP contribution >= 0.6 is 0 Å². The van der Waals surface area contributed by atoms with Gasteiger partial charge in [-0.1, -0.05) is 6.07 Å². The normalized spacial score (nSPS) is 10.4. The Morgan fingerprint density at radius 2 is 2.16 bits per heavy atom. The van der Waals surface area contributed by atoms with Crippen molar-refractivity contribution in [2.75, 3.05) is 7.11 Å². The lowest BCUT2D eigenvalue weighted by Crippen LogP contribution is -2.13. The number of carbonyl (C=O) groups is 1. The zero-order valence-corrected chi connectivity index (χ0v) is 11.1. The second-order valence-electron chi connectivity index (χ2n) is 4.30. The average Bonchev–Trinajstić information content (AvgIpc) is 2.89. The number of hydrogen-bond donors (Lipinski definition) is 2. The summed E-state index contributed by atoms with van der Waals surface area (Å²) in [7, 11) is 1.37. The molecule has 0 fully saturated rings. The summed E-state index contributed by atoms with van der Waals surface area (Å²) < 4.78 is 4.64. The van der Waals surface area contributed by atoms with Crippen LogP contribution in [0.1, 0.15) is 27.4 Å². The number of nitrogens with one attached hydrogen (secondary N) is 2. The highest BCUT2D eigenvalue weighted by atomic mass is 16.5. The third kappa shape index (κ3) is 3.66. The molecule has 0 saturated carbocycles. The van der Waals surface area contributed by atoms with Gasteiger partial charge in [0.25, 0.3) is 0 Å². The van der Waals surface area contributed by atoms with Crippen LogP contribution in [0.25, 0.3) is 0 Å². The zero-order chi connectivity index (χ0) is 13.7. The molecule has 2 heterocycles. The van der Waals surface area contributed by atoms with E-state index in [1.165, 1.54) is 7.11 Å². The third-order valence-corrected chi connectivity index (χ3v) is 2.77. The second kappa shape index (κ2) is 6.15. The fraction of sp³-hybridized carbons (Fsp3) is 0.286. The van der Waals surface area contributed by atoms with E-state index in [1.807, 2.05) is 31.3 Å². The lowest BCUT2D eigenvalue weighted by atomic mass is 10.2. The molecule has 0 saturated heterocycles. The first-order valence-electron chi connectivity index (χ1n) is 6.07. The van der Waals surface area contributed by atoms with Crippen LogP contribution in [0, 0.1) is 6.92 Å². The van der Waals surface area contributed by atoms with Crippen molar-refractivity contribution < 1.29 is 9.53 Å². The van der Waals surface area contributed by atoms with Crippen LogP contribution in [0.3, 0.4) is 0 Å². The summed E-state index contributed by atoms with van der Waals surface area (Å²) in [4.78, 5) is 18.5. The number of carbonyl (C=O) groups excluding carboxylic acids is 1. The van der Waals surface area contributed by atoms with Gasteiger partial charge < -0.3 is 15.0 Å². The molecule has 2 N–H and O–H groups in total. The maximum absolute atomic E-state index is 11.3. The van der Waals surface area contributed by atoms with Gasteiger partial charge in [-0.15, -0.1) is 0 Å². The summed E-state index contributed by atoms with van der Waals surface area (Å²) in [6.45, 7) is 3.36. The van der Waals surface area contributed by atoms with Gasteiger partial charge in [0.15, 0.2) is 0 Å². The lowest BCUT2D eigenvalue weighted by Gasteiger charge is -2.03. The minimum Gasteiger partial charge on any atom is -0.464 e. The van der Waals surface area contributed by atoms with Crippen molar-refractivity contribution in [2.24, 2.45) is 0 Å². The van der Waals surface area contributed by atoms with E-state index in [4.69, 9.17) is 0 Å². The van der Waals surface area contributed by atoms with Gasteiger partial charge in [-0.2, -0.15) is 0 Å². The topological polar surface area (TPSA) is 67.0 Å². The highest BCUT2D eigenvalue weighted by Crippen LogP contribution is 2.04. The van der Waals surface area contributed by atoms with Crippen LogP contribution in [-0.2, 0) is 17.8 Å². The van der Waals surface area contributed by atoms with E-state index >= 15 is 0 Å². The number of pyridine rings is 1. The van der Waals surface area contributed by atoms with Crippen LogP contribution in [0.5, 0.6) is 0 Å². The van der Waals surface area contributed by atoms with Crippen molar-refractivity contribution in [3.05, 3.63) is 53.1 Å². The Labute approximate surface area is 112 Å². The number of ether oxygens (including phenoxy) is 1. The first-order valence-corrected chi connectivity index (χ1v) is 6.07. The van der Waals surface area contributed by atoms with Gasteiger partial charge >= 0.3 is 5.97 Å². The van der Waals surface area contributed by atoms with Crippen LogP contribution in [0.15, 0.2) is 30.5 Å². The van der Waals surface area contributed by atoms with Gasteiger partial charge in [-0.3, -0.25) is 4.98 Å². The van der Waals surface area contributed by atoms with E-state index in [0.29, 0.717) is 12.2 Å². The Morgan fingerprint density at radius 1 is 1.32 bits per heavy atom. The number of esters is 1. The number of methoxy groups -OCH3 is 1. The number of H-pyrrole nitrogens is 1. The standard InChI is InChI=1S/C14H17N3O2/c1-10-3-4-11(8-16-10)7-15-9-12-5-6-13(17-12)14(18)19-2/h3-6,8,15,17H,7,9H2,1-2H3. The van der Waals surface area contributed by atoms with Gasteiger partial charge in [0.2, 0.25) is 0 Å². The van der Waals surface area contributed by atoms with Gasteiger partial charge in [-0.25, -0.2) is 4.79 Å². The molecule has 0 unspecified atom stereocenters. The van der Waals surface area contributed by atoms with Crippen LogP contribution in [0.4, 0.5) is 0 Å². The Morgan fingerprint density at radius 3 is 2.84 bits per heavy atom. The van der Waals surface area contributed by atoms with E-state index in [1.54, 1.807) is 6.07 Å². The molecule has 5 nitrogen and oxygen atoms in total. The van der Waals surface area contributed by atoms with Crippen molar-refractivity contribution in [3.63, 3.8) is 0 Å². The van der Waals surface area contributed by atoms with Crippen molar-refractivity contribution in [2.45, 2.75) is 20.0 Å². The quantitative estimate of drug-likeness (QED) is 0.803. The molecule has 0 atom stereocenters. The smallest absolute Gasteiger partial charge is 0.354 e. The Hall–Kier alpha value is -2.14. The summed E-state index contributed by atoms with van der Waals surface area (Å²) in [5.74, 6) is -0.353. The third-order valence-electron chi connectivity index (χ3n) is 2.77. The SMILES string of the molecule is COC(=O)c1ccc(CNCc2ccc(C)nc2)[nH]1. The predicted octanol–water partition coefficient (Wildman–Crippen LogP) is 1.79. The fourth-order valence-corrected chi connectivity index (χ4v) is 1.72. The fourth-order valence-electron chi connectivity index (χ4n) is 1.72. The van der Waals surface area contributed by atoms with E-state index in [0.717, 1.165) is 23.5 Å². The maximum Gasteiger partial charge on any atom is 0.354 e. The molecule has 0 spiro atoms.